The Balaban J connectivity index is 2.37. The number of hydrogen-bond donors (Lipinski definition) is 1. The number of aromatic nitrogens is 1. The molecule has 114 valence electrons. The quantitative estimate of drug-likeness (QED) is 0.867. The second kappa shape index (κ2) is 6.29. The van der Waals surface area contributed by atoms with Crippen LogP contribution in [-0.2, 0) is 12.0 Å². The van der Waals surface area contributed by atoms with Crippen LogP contribution < -0.4 is 5.32 Å². The lowest BCUT2D eigenvalue weighted by Gasteiger charge is -2.18. The predicted molar refractivity (Wildman–Crippen MR) is 93.0 cm³/mol. The lowest BCUT2D eigenvalue weighted by atomic mass is 9.91. The average molecular weight is 302 g/mol. The predicted octanol–water partition coefficient (Wildman–Crippen LogP) is 4.91. The van der Waals surface area contributed by atoms with Gasteiger partial charge >= 0.3 is 0 Å². The van der Waals surface area contributed by atoms with Crippen LogP contribution in [0.3, 0.4) is 0 Å². The molecular formula is C18H26N2S. The second-order valence-electron chi connectivity index (χ2n) is 6.94. The van der Waals surface area contributed by atoms with Gasteiger partial charge in [0.2, 0.25) is 0 Å². The van der Waals surface area contributed by atoms with Crippen molar-refractivity contribution >= 4 is 11.3 Å². The molecule has 0 saturated carbocycles. The Labute approximate surface area is 132 Å². The first-order valence-corrected chi connectivity index (χ1v) is 8.39. The van der Waals surface area contributed by atoms with Crippen LogP contribution >= 0.6 is 11.3 Å². The molecule has 1 N–H and O–H groups in total. The summed E-state index contributed by atoms with van der Waals surface area (Å²) in [4.78, 5) is 6.29. The van der Waals surface area contributed by atoms with Gasteiger partial charge in [-0.25, -0.2) is 4.98 Å². The van der Waals surface area contributed by atoms with Gasteiger partial charge in [-0.05, 0) is 6.92 Å². The minimum absolute atomic E-state index is 0.0768. The normalized spacial score (nSPS) is 12.1. The van der Waals surface area contributed by atoms with Crippen molar-refractivity contribution in [2.75, 3.05) is 0 Å². The zero-order chi connectivity index (χ0) is 15.6. The van der Waals surface area contributed by atoms with Crippen molar-refractivity contribution in [3.63, 3.8) is 0 Å². The molecule has 3 heteroatoms. The summed E-state index contributed by atoms with van der Waals surface area (Å²) in [5.74, 6) is 0. The third kappa shape index (κ3) is 4.14. The van der Waals surface area contributed by atoms with Gasteiger partial charge in [0.15, 0.2) is 0 Å². The highest BCUT2D eigenvalue weighted by atomic mass is 32.1. The van der Waals surface area contributed by atoms with Crippen LogP contribution in [0.15, 0.2) is 24.3 Å². The number of hydrogen-bond acceptors (Lipinski definition) is 3. The van der Waals surface area contributed by atoms with Gasteiger partial charge in [0.1, 0.15) is 5.01 Å². The van der Waals surface area contributed by atoms with Crippen molar-refractivity contribution in [1.29, 1.82) is 0 Å². The summed E-state index contributed by atoms with van der Waals surface area (Å²) in [6.45, 7) is 14.1. The molecule has 0 aliphatic carbocycles. The van der Waals surface area contributed by atoms with Crippen molar-refractivity contribution < 1.29 is 0 Å². The Bertz CT molecular complexity index is 589. The lowest BCUT2D eigenvalue weighted by Crippen LogP contribution is -2.23. The Morgan fingerprint density at radius 1 is 1.14 bits per heavy atom. The monoisotopic (exact) mass is 302 g/mol. The maximum Gasteiger partial charge on any atom is 0.123 e. The molecule has 0 unspecified atom stereocenters. The Morgan fingerprint density at radius 3 is 2.29 bits per heavy atom. The van der Waals surface area contributed by atoms with E-state index < -0.39 is 0 Å². The summed E-state index contributed by atoms with van der Waals surface area (Å²) in [5, 5.41) is 4.64. The molecule has 2 rings (SSSR count). The summed E-state index contributed by atoms with van der Waals surface area (Å²) in [7, 11) is 0. The molecule has 0 spiro atoms. The molecule has 1 heterocycles. The standard InChI is InChI=1S/C18H26N2S/c1-12(2)19-11-15-16(18(4,5)6)20-17(21-15)14-9-7-13(3)8-10-14/h7-10,12,19H,11H2,1-6H3. The van der Waals surface area contributed by atoms with Gasteiger partial charge in [-0.15, -0.1) is 11.3 Å². The van der Waals surface area contributed by atoms with E-state index in [9.17, 15) is 0 Å². The van der Waals surface area contributed by atoms with Gasteiger partial charge in [-0.2, -0.15) is 0 Å². The minimum atomic E-state index is 0.0768. The largest absolute Gasteiger partial charge is 0.310 e. The number of nitrogens with zero attached hydrogens (tertiary/aromatic N) is 1. The summed E-state index contributed by atoms with van der Waals surface area (Å²) in [6.07, 6.45) is 0. The second-order valence-corrected chi connectivity index (χ2v) is 8.03. The van der Waals surface area contributed by atoms with E-state index in [4.69, 9.17) is 4.98 Å². The first kappa shape index (κ1) is 16.2. The third-order valence-corrected chi connectivity index (χ3v) is 4.48. The summed E-state index contributed by atoms with van der Waals surface area (Å²) >= 11 is 1.81. The number of aryl methyl sites for hydroxylation is 1. The molecule has 2 nitrogen and oxygen atoms in total. The third-order valence-electron chi connectivity index (χ3n) is 3.38. The number of benzene rings is 1. The van der Waals surface area contributed by atoms with Gasteiger partial charge in [0.05, 0.1) is 5.69 Å². The molecule has 0 atom stereocenters. The molecule has 0 aliphatic heterocycles. The molecule has 0 aliphatic rings. The minimum Gasteiger partial charge on any atom is -0.310 e. The van der Waals surface area contributed by atoms with Crippen molar-refractivity contribution in [2.24, 2.45) is 0 Å². The highest BCUT2D eigenvalue weighted by Gasteiger charge is 2.23. The highest BCUT2D eigenvalue weighted by Crippen LogP contribution is 2.34. The Hall–Kier alpha value is -1.19. The first-order valence-electron chi connectivity index (χ1n) is 7.58. The van der Waals surface area contributed by atoms with Crippen molar-refractivity contribution in [1.82, 2.24) is 10.3 Å². The van der Waals surface area contributed by atoms with E-state index >= 15 is 0 Å². The van der Waals surface area contributed by atoms with Gasteiger partial charge in [-0.3, -0.25) is 0 Å². The average Bonchev–Trinajstić information content (AvgIpc) is 2.81. The van der Waals surface area contributed by atoms with Gasteiger partial charge in [-0.1, -0.05) is 64.4 Å². The highest BCUT2D eigenvalue weighted by molar-refractivity contribution is 7.15. The molecule has 21 heavy (non-hydrogen) atoms. The smallest absolute Gasteiger partial charge is 0.123 e. The summed E-state index contributed by atoms with van der Waals surface area (Å²) in [5.41, 5.74) is 3.80. The fourth-order valence-electron chi connectivity index (χ4n) is 2.17. The van der Waals surface area contributed by atoms with E-state index in [0.29, 0.717) is 6.04 Å². The topological polar surface area (TPSA) is 24.9 Å². The first-order chi connectivity index (χ1) is 9.77. The van der Waals surface area contributed by atoms with Crippen LogP contribution in [0.4, 0.5) is 0 Å². The zero-order valence-corrected chi connectivity index (χ0v) is 14.8. The molecular weight excluding hydrogens is 276 g/mol. The van der Waals surface area contributed by atoms with Crippen molar-refractivity contribution in [3.05, 3.63) is 40.4 Å². The van der Waals surface area contributed by atoms with E-state index in [0.717, 1.165) is 11.6 Å². The van der Waals surface area contributed by atoms with Gasteiger partial charge in [0.25, 0.3) is 0 Å². The van der Waals surface area contributed by atoms with E-state index in [1.807, 2.05) is 11.3 Å². The van der Waals surface area contributed by atoms with E-state index in [1.54, 1.807) is 0 Å². The number of thiazole rings is 1. The molecule has 1 aromatic heterocycles. The maximum absolute atomic E-state index is 4.94. The lowest BCUT2D eigenvalue weighted by molar-refractivity contribution is 0.546. The van der Waals surface area contributed by atoms with Crippen LogP contribution in [0.1, 0.15) is 50.8 Å². The van der Waals surface area contributed by atoms with Gasteiger partial charge in [0, 0.05) is 28.4 Å². The molecule has 1 aromatic carbocycles. The number of nitrogens with one attached hydrogen (secondary N) is 1. The van der Waals surface area contributed by atoms with Gasteiger partial charge < -0.3 is 5.32 Å². The molecule has 0 radical (unpaired) electrons. The zero-order valence-electron chi connectivity index (χ0n) is 13.9. The molecule has 0 bridgehead atoms. The van der Waals surface area contributed by atoms with Crippen LogP contribution in [-0.4, -0.2) is 11.0 Å². The molecule has 2 aromatic rings. The molecule has 0 amide bonds. The fourth-order valence-corrected chi connectivity index (χ4v) is 3.40. The van der Waals surface area contributed by atoms with Crippen LogP contribution in [0, 0.1) is 6.92 Å². The van der Waals surface area contributed by atoms with Crippen molar-refractivity contribution in [3.8, 4) is 10.6 Å². The van der Waals surface area contributed by atoms with E-state index in [-0.39, 0.29) is 5.41 Å². The summed E-state index contributed by atoms with van der Waals surface area (Å²) < 4.78 is 0. The van der Waals surface area contributed by atoms with Crippen LogP contribution in [0.5, 0.6) is 0 Å². The molecule has 0 fully saturated rings. The van der Waals surface area contributed by atoms with Crippen LogP contribution in [0.2, 0.25) is 0 Å². The van der Waals surface area contributed by atoms with Crippen LogP contribution in [0.25, 0.3) is 10.6 Å². The molecule has 0 saturated heterocycles. The fraction of sp³-hybridized carbons (Fsp3) is 0.500. The summed E-state index contributed by atoms with van der Waals surface area (Å²) in [6, 6.07) is 9.13. The van der Waals surface area contributed by atoms with E-state index in [1.165, 1.54) is 21.7 Å². The van der Waals surface area contributed by atoms with Crippen molar-refractivity contribution in [2.45, 2.75) is 59.5 Å². The maximum atomic E-state index is 4.94. The number of rotatable bonds is 4. The van der Waals surface area contributed by atoms with E-state index in [2.05, 4.69) is 71.1 Å². The Kier molecular flexibility index (Phi) is 4.84. The SMILES string of the molecule is Cc1ccc(-c2nc(C(C)(C)C)c(CNC(C)C)s2)cc1. The Morgan fingerprint density at radius 2 is 1.76 bits per heavy atom.